The zero-order chi connectivity index (χ0) is 28.3. The first-order valence-electron chi connectivity index (χ1n) is 11.2. The van der Waals surface area contributed by atoms with E-state index in [0.29, 0.717) is 11.4 Å². The maximum Gasteiger partial charge on any atom is 0.573 e. The molecular formula is C26H20F5N5O3. The van der Waals surface area contributed by atoms with Crippen molar-refractivity contribution in [1.82, 2.24) is 14.3 Å². The molecule has 4 aromatic rings. The summed E-state index contributed by atoms with van der Waals surface area (Å²) >= 11 is 0. The number of hydrogen-bond donors (Lipinski definition) is 2. The first kappa shape index (κ1) is 27.1. The Kier molecular flexibility index (Phi) is 7.51. The van der Waals surface area contributed by atoms with E-state index in [4.69, 9.17) is 10.1 Å². The van der Waals surface area contributed by atoms with Crippen LogP contribution in [0.2, 0.25) is 0 Å². The van der Waals surface area contributed by atoms with Gasteiger partial charge in [-0.1, -0.05) is 6.07 Å². The largest absolute Gasteiger partial charge is 0.573 e. The third-order valence-electron chi connectivity index (χ3n) is 5.21. The second-order valence-corrected chi connectivity index (χ2v) is 8.13. The molecule has 0 aliphatic carbocycles. The van der Waals surface area contributed by atoms with Gasteiger partial charge in [0.15, 0.2) is 17.3 Å². The van der Waals surface area contributed by atoms with Gasteiger partial charge < -0.3 is 24.8 Å². The molecule has 202 valence electrons. The summed E-state index contributed by atoms with van der Waals surface area (Å²) in [7, 11) is 1.38. The van der Waals surface area contributed by atoms with Crippen LogP contribution in [0.5, 0.6) is 11.5 Å². The van der Waals surface area contributed by atoms with Gasteiger partial charge in [-0.2, -0.15) is 5.10 Å². The SMILES string of the molecule is COc1cc(-n2cc(F)c(F)c2)ccc1-n1ccc(=O)c(/C(=C/C(C)=N)Nc2cccc(OC(F)(F)F)c2)n1. The molecule has 0 fully saturated rings. The molecule has 0 saturated carbocycles. The van der Waals surface area contributed by atoms with Crippen LogP contribution in [0.4, 0.5) is 27.6 Å². The summed E-state index contributed by atoms with van der Waals surface area (Å²) < 4.78 is 76.9. The summed E-state index contributed by atoms with van der Waals surface area (Å²) in [5.41, 5.74) is 0.290. The predicted octanol–water partition coefficient (Wildman–Crippen LogP) is 5.70. The summed E-state index contributed by atoms with van der Waals surface area (Å²) in [5, 5.41) is 15.1. The topological polar surface area (TPSA) is 94.2 Å². The smallest absolute Gasteiger partial charge is 0.494 e. The fourth-order valence-corrected chi connectivity index (χ4v) is 3.61. The van der Waals surface area contributed by atoms with Crippen LogP contribution in [0.1, 0.15) is 12.6 Å². The zero-order valence-corrected chi connectivity index (χ0v) is 20.4. The molecule has 0 aliphatic rings. The highest BCUT2D eigenvalue weighted by Gasteiger charge is 2.31. The number of benzene rings is 2. The second kappa shape index (κ2) is 10.8. The molecule has 0 aliphatic heterocycles. The van der Waals surface area contributed by atoms with E-state index in [1.807, 2.05) is 0 Å². The summed E-state index contributed by atoms with van der Waals surface area (Å²) in [4.78, 5) is 12.8. The highest BCUT2D eigenvalue weighted by atomic mass is 19.4. The van der Waals surface area contributed by atoms with Crippen molar-refractivity contribution >= 4 is 17.1 Å². The lowest BCUT2D eigenvalue weighted by Crippen LogP contribution is -2.19. The Morgan fingerprint density at radius 3 is 2.44 bits per heavy atom. The van der Waals surface area contributed by atoms with E-state index in [1.165, 1.54) is 59.8 Å². The Balaban J connectivity index is 1.73. The summed E-state index contributed by atoms with van der Waals surface area (Å²) in [6.07, 6.45) is -0.297. The Hall–Kier alpha value is -4.94. The molecule has 13 heteroatoms. The van der Waals surface area contributed by atoms with Crippen molar-refractivity contribution in [3.8, 4) is 22.9 Å². The van der Waals surface area contributed by atoms with Gasteiger partial charge in [0.25, 0.3) is 0 Å². The molecule has 2 aromatic carbocycles. The highest BCUT2D eigenvalue weighted by Crippen LogP contribution is 2.28. The van der Waals surface area contributed by atoms with Crippen LogP contribution in [0.25, 0.3) is 17.1 Å². The standard InChI is InChI=1S/C26H20F5N5O3/c1-15(32)10-21(33-16-4-3-5-18(11-16)39-26(29,30)31)25-23(37)8-9-36(34-25)22-7-6-17(12-24(22)38-2)35-13-19(27)20(28)14-35/h3-14,32-33H,1-2H3/b21-10-,32-15?. The van der Waals surface area contributed by atoms with Gasteiger partial charge in [0.05, 0.1) is 12.8 Å². The molecular weight excluding hydrogens is 525 g/mol. The number of rotatable bonds is 8. The van der Waals surface area contributed by atoms with Crippen molar-refractivity contribution in [2.75, 3.05) is 12.4 Å². The van der Waals surface area contributed by atoms with Crippen LogP contribution in [-0.4, -0.2) is 33.5 Å². The zero-order valence-electron chi connectivity index (χ0n) is 20.4. The molecule has 8 nitrogen and oxygen atoms in total. The lowest BCUT2D eigenvalue weighted by Gasteiger charge is -2.16. The number of nitrogens with one attached hydrogen (secondary N) is 2. The van der Waals surface area contributed by atoms with E-state index in [0.717, 1.165) is 24.5 Å². The van der Waals surface area contributed by atoms with Crippen LogP contribution < -0.4 is 20.2 Å². The molecule has 2 heterocycles. The number of nitrogens with zero attached hydrogens (tertiary/aromatic N) is 3. The van der Waals surface area contributed by atoms with Gasteiger partial charge in [0, 0.05) is 53.9 Å². The molecule has 2 aromatic heterocycles. The van der Waals surface area contributed by atoms with Crippen LogP contribution in [0.15, 0.2) is 78.0 Å². The number of hydrogen-bond acceptors (Lipinski definition) is 6. The lowest BCUT2D eigenvalue weighted by atomic mass is 10.2. The number of methoxy groups -OCH3 is 1. The summed E-state index contributed by atoms with van der Waals surface area (Å²) in [5.74, 6) is -2.27. The van der Waals surface area contributed by atoms with Crippen molar-refractivity contribution in [2.24, 2.45) is 0 Å². The van der Waals surface area contributed by atoms with Crippen molar-refractivity contribution < 1.29 is 31.4 Å². The summed E-state index contributed by atoms with van der Waals surface area (Å²) in [6, 6.07) is 10.8. The van der Waals surface area contributed by atoms with Gasteiger partial charge in [-0.25, -0.2) is 13.5 Å². The van der Waals surface area contributed by atoms with Crippen molar-refractivity contribution in [3.63, 3.8) is 0 Å². The molecule has 0 spiro atoms. The highest BCUT2D eigenvalue weighted by molar-refractivity contribution is 5.98. The van der Waals surface area contributed by atoms with Gasteiger partial charge in [-0.15, -0.1) is 13.2 Å². The first-order chi connectivity index (χ1) is 18.4. The number of ether oxygens (including phenoxy) is 2. The molecule has 0 radical (unpaired) electrons. The van der Waals surface area contributed by atoms with Gasteiger partial charge in [-0.3, -0.25) is 4.79 Å². The number of halogens is 5. The molecule has 0 bridgehead atoms. The third-order valence-corrected chi connectivity index (χ3v) is 5.21. The molecule has 39 heavy (non-hydrogen) atoms. The average molecular weight is 545 g/mol. The average Bonchev–Trinajstić information content (AvgIpc) is 3.20. The lowest BCUT2D eigenvalue weighted by molar-refractivity contribution is -0.274. The Morgan fingerprint density at radius 2 is 1.79 bits per heavy atom. The van der Waals surface area contributed by atoms with E-state index >= 15 is 0 Å². The van der Waals surface area contributed by atoms with Gasteiger partial charge in [0.1, 0.15) is 17.2 Å². The minimum absolute atomic E-state index is 0.0323. The van der Waals surface area contributed by atoms with Gasteiger partial charge in [-0.05, 0) is 37.3 Å². The van der Waals surface area contributed by atoms with Crippen molar-refractivity contribution in [2.45, 2.75) is 13.3 Å². The van der Waals surface area contributed by atoms with Gasteiger partial charge >= 0.3 is 6.36 Å². The molecule has 0 unspecified atom stereocenters. The summed E-state index contributed by atoms with van der Waals surface area (Å²) in [6.45, 7) is 1.45. The molecule has 0 saturated heterocycles. The Morgan fingerprint density at radius 1 is 1.08 bits per heavy atom. The number of allylic oxidation sites excluding steroid dienone is 1. The van der Waals surface area contributed by atoms with E-state index in [2.05, 4.69) is 15.2 Å². The minimum Gasteiger partial charge on any atom is -0.494 e. The quantitative estimate of drug-likeness (QED) is 0.219. The number of aromatic nitrogens is 3. The molecule has 0 amide bonds. The minimum atomic E-state index is -4.89. The fourth-order valence-electron chi connectivity index (χ4n) is 3.61. The van der Waals surface area contributed by atoms with E-state index in [1.54, 1.807) is 12.1 Å². The van der Waals surface area contributed by atoms with Crippen LogP contribution >= 0.6 is 0 Å². The van der Waals surface area contributed by atoms with E-state index < -0.39 is 29.2 Å². The van der Waals surface area contributed by atoms with E-state index in [-0.39, 0.29) is 28.5 Å². The van der Waals surface area contributed by atoms with E-state index in [9.17, 15) is 26.7 Å². The molecule has 0 atom stereocenters. The predicted molar refractivity (Wildman–Crippen MR) is 134 cm³/mol. The number of alkyl halides is 3. The van der Waals surface area contributed by atoms with Crippen molar-refractivity contribution in [3.05, 3.63) is 101 Å². The third kappa shape index (κ3) is 6.50. The maximum absolute atomic E-state index is 13.5. The van der Waals surface area contributed by atoms with Gasteiger partial charge in [0.2, 0.25) is 5.43 Å². The van der Waals surface area contributed by atoms with Crippen LogP contribution in [0.3, 0.4) is 0 Å². The second-order valence-electron chi connectivity index (χ2n) is 8.13. The first-order valence-corrected chi connectivity index (χ1v) is 11.2. The Bertz CT molecular complexity index is 1610. The molecule has 4 rings (SSSR count). The Labute approximate surface area is 218 Å². The monoisotopic (exact) mass is 545 g/mol. The fraction of sp³-hybridized carbons (Fsp3) is 0.115. The maximum atomic E-state index is 13.5. The molecule has 2 N–H and O–H groups in total. The van der Waals surface area contributed by atoms with Crippen LogP contribution in [-0.2, 0) is 0 Å². The number of anilines is 1. The normalized spacial score (nSPS) is 11.8. The van der Waals surface area contributed by atoms with Crippen LogP contribution in [0, 0.1) is 17.0 Å². The van der Waals surface area contributed by atoms with Crippen molar-refractivity contribution in [1.29, 1.82) is 5.41 Å².